The summed E-state index contributed by atoms with van der Waals surface area (Å²) in [6.07, 6.45) is 0. The molecule has 0 aliphatic heterocycles. The molecule has 1 N–H and O–H groups in total. The van der Waals surface area contributed by atoms with Crippen molar-refractivity contribution in [3.8, 4) is 5.75 Å². The van der Waals surface area contributed by atoms with Gasteiger partial charge in [0.05, 0.1) is 23.4 Å². The number of nitrogens with one attached hydrogen (secondary N) is 1. The number of ether oxygens (including phenoxy) is 1. The smallest absolute Gasteiger partial charge is 0.264 e. The fourth-order valence-electron chi connectivity index (χ4n) is 3.23. The molecule has 3 aromatic carbocycles. The predicted molar refractivity (Wildman–Crippen MR) is 128 cm³/mol. The minimum atomic E-state index is -4.04. The molecule has 0 saturated heterocycles. The van der Waals surface area contributed by atoms with Crippen LogP contribution in [-0.2, 0) is 14.8 Å². The summed E-state index contributed by atoms with van der Waals surface area (Å²) >= 11 is 6.16. The molecule has 0 atom stereocenters. The summed E-state index contributed by atoms with van der Waals surface area (Å²) < 4.78 is 33.5. The van der Waals surface area contributed by atoms with Crippen LogP contribution in [0.4, 0.5) is 11.4 Å². The van der Waals surface area contributed by atoms with Crippen molar-refractivity contribution in [2.45, 2.75) is 25.7 Å². The highest BCUT2D eigenvalue weighted by Gasteiger charge is 2.28. The van der Waals surface area contributed by atoms with E-state index in [1.54, 1.807) is 49.4 Å². The molecular weight excluding hydrogens is 448 g/mol. The number of methoxy groups -OCH3 is 1. The molecule has 168 valence electrons. The first-order valence-electron chi connectivity index (χ1n) is 9.92. The van der Waals surface area contributed by atoms with Gasteiger partial charge in [-0.2, -0.15) is 0 Å². The third kappa shape index (κ3) is 5.23. The number of carbonyl (C=O) groups excluding carboxylic acids is 1. The van der Waals surface area contributed by atoms with Gasteiger partial charge in [-0.15, -0.1) is 0 Å². The maximum Gasteiger partial charge on any atom is 0.264 e. The first-order chi connectivity index (χ1) is 15.1. The van der Waals surface area contributed by atoms with Gasteiger partial charge in [0.2, 0.25) is 5.91 Å². The van der Waals surface area contributed by atoms with E-state index in [9.17, 15) is 13.2 Å². The number of amides is 1. The number of aryl methyl sites for hydroxylation is 3. The molecule has 3 aromatic rings. The van der Waals surface area contributed by atoms with Crippen LogP contribution in [0.1, 0.15) is 16.7 Å². The number of halogens is 1. The third-order valence-electron chi connectivity index (χ3n) is 4.97. The average Bonchev–Trinajstić information content (AvgIpc) is 2.74. The molecule has 0 heterocycles. The zero-order chi connectivity index (χ0) is 23.5. The number of rotatable bonds is 7. The van der Waals surface area contributed by atoms with E-state index in [0.717, 1.165) is 15.4 Å². The molecule has 0 radical (unpaired) electrons. The fraction of sp³-hybridized carbons (Fsp3) is 0.208. The Morgan fingerprint density at radius 2 is 1.62 bits per heavy atom. The molecule has 3 rings (SSSR count). The van der Waals surface area contributed by atoms with Gasteiger partial charge in [0.25, 0.3) is 10.0 Å². The summed E-state index contributed by atoms with van der Waals surface area (Å²) in [7, 11) is -2.53. The molecule has 0 fully saturated rings. The maximum absolute atomic E-state index is 13.6. The Balaban J connectivity index is 2.02. The lowest BCUT2D eigenvalue weighted by Crippen LogP contribution is -2.38. The quantitative estimate of drug-likeness (QED) is 0.518. The van der Waals surface area contributed by atoms with Crippen molar-refractivity contribution in [3.05, 3.63) is 82.4 Å². The van der Waals surface area contributed by atoms with Crippen molar-refractivity contribution < 1.29 is 17.9 Å². The molecule has 32 heavy (non-hydrogen) atoms. The van der Waals surface area contributed by atoms with E-state index >= 15 is 0 Å². The average molecular weight is 473 g/mol. The van der Waals surface area contributed by atoms with Gasteiger partial charge in [0.1, 0.15) is 12.3 Å². The second kappa shape index (κ2) is 9.63. The number of anilines is 2. The van der Waals surface area contributed by atoms with Gasteiger partial charge >= 0.3 is 0 Å². The Morgan fingerprint density at radius 1 is 0.969 bits per heavy atom. The lowest BCUT2D eigenvalue weighted by molar-refractivity contribution is -0.114. The molecule has 8 heteroatoms. The Morgan fingerprint density at radius 3 is 2.28 bits per heavy atom. The zero-order valence-electron chi connectivity index (χ0n) is 18.3. The molecule has 0 bridgehead atoms. The summed E-state index contributed by atoms with van der Waals surface area (Å²) in [4.78, 5) is 13.1. The van der Waals surface area contributed by atoms with E-state index in [2.05, 4.69) is 5.32 Å². The molecule has 0 spiro atoms. The molecule has 1 amide bonds. The second-order valence-corrected chi connectivity index (χ2v) is 9.81. The second-order valence-electron chi connectivity index (χ2n) is 7.51. The van der Waals surface area contributed by atoms with Crippen LogP contribution in [0.15, 0.2) is 65.6 Å². The molecule has 0 aliphatic rings. The summed E-state index contributed by atoms with van der Waals surface area (Å²) in [6, 6.07) is 16.8. The Kier molecular flexibility index (Phi) is 7.11. The van der Waals surface area contributed by atoms with Gasteiger partial charge in [0, 0.05) is 5.02 Å². The van der Waals surface area contributed by atoms with Crippen LogP contribution in [0, 0.1) is 20.8 Å². The summed E-state index contributed by atoms with van der Waals surface area (Å²) in [6.45, 7) is 5.09. The number of hydrogen-bond donors (Lipinski definition) is 1. The first-order valence-corrected chi connectivity index (χ1v) is 11.7. The first kappa shape index (κ1) is 23.6. The Bertz CT molecular complexity index is 1240. The number of benzene rings is 3. The highest BCUT2D eigenvalue weighted by molar-refractivity contribution is 7.92. The van der Waals surface area contributed by atoms with Crippen LogP contribution < -0.4 is 14.4 Å². The van der Waals surface area contributed by atoms with Crippen molar-refractivity contribution in [2.75, 3.05) is 23.3 Å². The van der Waals surface area contributed by atoms with Crippen LogP contribution in [0.2, 0.25) is 5.02 Å². The van der Waals surface area contributed by atoms with Crippen LogP contribution in [-0.4, -0.2) is 28.0 Å². The normalized spacial score (nSPS) is 11.2. The number of carbonyl (C=O) groups is 1. The van der Waals surface area contributed by atoms with Gasteiger partial charge in [-0.3, -0.25) is 9.10 Å². The lowest BCUT2D eigenvalue weighted by atomic mass is 10.2. The summed E-state index contributed by atoms with van der Waals surface area (Å²) in [5.41, 5.74) is 3.33. The van der Waals surface area contributed by atoms with Crippen LogP contribution in [0.5, 0.6) is 5.75 Å². The highest BCUT2D eigenvalue weighted by atomic mass is 35.5. The van der Waals surface area contributed by atoms with Gasteiger partial charge in [-0.1, -0.05) is 41.4 Å². The summed E-state index contributed by atoms with van der Waals surface area (Å²) in [5.74, 6) is -0.0280. The molecule has 0 aliphatic carbocycles. The van der Waals surface area contributed by atoms with E-state index < -0.39 is 22.5 Å². The molecule has 0 unspecified atom stereocenters. The molecule has 0 saturated carbocycles. The van der Waals surface area contributed by atoms with E-state index in [1.807, 2.05) is 19.9 Å². The zero-order valence-corrected chi connectivity index (χ0v) is 19.9. The van der Waals surface area contributed by atoms with Crippen molar-refractivity contribution in [2.24, 2.45) is 0 Å². The summed E-state index contributed by atoms with van der Waals surface area (Å²) in [5, 5.41) is 3.14. The lowest BCUT2D eigenvalue weighted by Gasteiger charge is -2.26. The van der Waals surface area contributed by atoms with Crippen molar-refractivity contribution >= 4 is 38.9 Å². The van der Waals surface area contributed by atoms with E-state index in [4.69, 9.17) is 16.3 Å². The predicted octanol–water partition coefficient (Wildman–Crippen LogP) is 5.11. The monoisotopic (exact) mass is 472 g/mol. The topological polar surface area (TPSA) is 75.7 Å². The van der Waals surface area contributed by atoms with E-state index in [-0.39, 0.29) is 4.90 Å². The van der Waals surface area contributed by atoms with Gasteiger partial charge < -0.3 is 10.1 Å². The Labute approximate surface area is 193 Å². The van der Waals surface area contributed by atoms with Crippen molar-refractivity contribution in [1.29, 1.82) is 0 Å². The highest BCUT2D eigenvalue weighted by Crippen LogP contribution is 2.30. The number of sulfonamides is 1. The Hall–Kier alpha value is -3.03. The minimum Gasteiger partial charge on any atom is -0.495 e. The number of nitrogens with zero attached hydrogens (tertiary/aromatic N) is 1. The number of hydrogen-bond acceptors (Lipinski definition) is 4. The SMILES string of the molecule is COc1ccc(C)cc1NC(=O)CN(c1cc(Cl)ccc1C)S(=O)(=O)c1ccc(C)cc1. The minimum absolute atomic E-state index is 0.0865. The third-order valence-corrected chi connectivity index (χ3v) is 6.97. The molecular formula is C24H25ClN2O4S. The standard InChI is InChI=1S/C24H25ClN2O4S/c1-16-5-10-20(11-6-16)32(29,30)27(22-14-19(25)9-8-18(22)3)15-24(28)26-21-13-17(2)7-12-23(21)31-4/h5-14H,15H2,1-4H3,(H,26,28). The van der Waals surface area contributed by atoms with E-state index in [0.29, 0.717) is 27.7 Å². The van der Waals surface area contributed by atoms with Crippen LogP contribution in [0.3, 0.4) is 0 Å². The fourth-order valence-corrected chi connectivity index (χ4v) is 4.87. The van der Waals surface area contributed by atoms with E-state index in [1.165, 1.54) is 19.2 Å². The van der Waals surface area contributed by atoms with Crippen LogP contribution in [0.25, 0.3) is 0 Å². The molecule has 0 aromatic heterocycles. The molecule has 6 nitrogen and oxygen atoms in total. The van der Waals surface area contributed by atoms with Crippen molar-refractivity contribution in [1.82, 2.24) is 0 Å². The van der Waals surface area contributed by atoms with Gasteiger partial charge in [0.15, 0.2) is 0 Å². The van der Waals surface area contributed by atoms with Gasteiger partial charge in [-0.25, -0.2) is 8.42 Å². The largest absolute Gasteiger partial charge is 0.495 e. The van der Waals surface area contributed by atoms with Crippen LogP contribution >= 0.6 is 11.6 Å². The maximum atomic E-state index is 13.6. The van der Waals surface area contributed by atoms with Crippen molar-refractivity contribution in [3.63, 3.8) is 0 Å². The van der Waals surface area contributed by atoms with Gasteiger partial charge in [-0.05, 0) is 68.3 Å².